The Hall–Kier alpha value is -4.34. The van der Waals surface area contributed by atoms with Crippen LogP contribution in [-0.2, 0) is 16.1 Å². The molecule has 0 aliphatic carbocycles. The highest BCUT2D eigenvalue weighted by Gasteiger charge is 2.45. The van der Waals surface area contributed by atoms with Gasteiger partial charge in [0.1, 0.15) is 11.9 Å². The Labute approximate surface area is 186 Å². The zero-order valence-corrected chi connectivity index (χ0v) is 17.1. The summed E-state index contributed by atoms with van der Waals surface area (Å²) in [5.41, 5.74) is 0.936. The quantitative estimate of drug-likeness (QED) is 0.575. The molecule has 9 nitrogen and oxygen atoms in total. The molecule has 1 aromatic heterocycles. The first-order valence-electron chi connectivity index (χ1n) is 10.2. The smallest absolute Gasteiger partial charge is 0.264 e. The van der Waals surface area contributed by atoms with Crippen molar-refractivity contribution in [3.63, 3.8) is 0 Å². The number of hydrogen-bond donors (Lipinski definition) is 2. The number of imide groups is 2. The van der Waals surface area contributed by atoms with Crippen molar-refractivity contribution >= 4 is 29.3 Å². The van der Waals surface area contributed by atoms with Crippen LogP contribution in [0, 0.1) is 5.82 Å². The van der Waals surface area contributed by atoms with Crippen molar-refractivity contribution in [3.8, 4) is 11.3 Å². The molecule has 4 amide bonds. The van der Waals surface area contributed by atoms with Gasteiger partial charge < -0.3 is 9.73 Å². The van der Waals surface area contributed by atoms with Crippen LogP contribution in [0.2, 0.25) is 0 Å². The average Bonchev–Trinajstić information content (AvgIpc) is 3.37. The predicted molar refractivity (Wildman–Crippen MR) is 112 cm³/mol. The third kappa shape index (κ3) is 3.55. The molecule has 1 fully saturated rings. The Balaban J connectivity index is 1.36. The Kier molecular flexibility index (Phi) is 4.97. The summed E-state index contributed by atoms with van der Waals surface area (Å²) in [5.74, 6) is -2.24. The second kappa shape index (κ2) is 7.97. The zero-order chi connectivity index (χ0) is 23.1. The Morgan fingerprint density at radius 3 is 2.64 bits per heavy atom. The van der Waals surface area contributed by atoms with Crippen LogP contribution in [0.1, 0.15) is 39.4 Å². The minimum Gasteiger partial charge on any atom is -0.439 e. The van der Waals surface area contributed by atoms with Crippen LogP contribution in [0.15, 0.2) is 53.1 Å². The Bertz CT molecular complexity index is 1320. The van der Waals surface area contributed by atoms with Crippen LogP contribution >= 0.6 is 0 Å². The standard InChI is InChI=1S/C23H17FN4O5/c24-14-6-2-1-4-12(14)17-10-26-19(33-17)11-25-15-7-3-5-13-20(15)23(32)28(22(13)31)16-8-9-18(29)27-21(16)30/h1-7,10,16,25H,8-9,11H2,(H,27,29,30). The lowest BCUT2D eigenvalue weighted by atomic mass is 10.0. The van der Waals surface area contributed by atoms with E-state index >= 15 is 0 Å². The topological polar surface area (TPSA) is 122 Å². The van der Waals surface area contributed by atoms with Gasteiger partial charge in [-0.3, -0.25) is 29.4 Å². The molecule has 166 valence electrons. The van der Waals surface area contributed by atoms with Gasteiger partial charge in [0.25, 0.3) is 11.8 Å². The predicted octanol–water partition coefficient (Wildman–Crippen LogP) is 2.49. The average molecular weight is 448 g/mol. The molecule has 1 saturated heterocycles. The fraction of sp³-hybridized carbons (Fsp3) is 0.174. The molecule has 3 aromatic rings. The number of carbonyl (C=O) groups excluding carboxylic acids is 4. The summed E-state index contributed by atoms with van der Waals surface area (Å²) < 4.78 is 19.6. The van der Waals surface area contributed by atoms with Crippen LogP contribution < -0.4 is 10.6 Å². The highest BCUT2D eigenvalue weighted by Crippen LogP contribution is 2.32. The van der Waals surface area contributed by atoms with Crippen LogP contribution in [0.4, 0.5) is 10.1 Å². The monoisotopic (exact) mass is 448 g/mol. The lowest BCUT2D eigenvalue weighted by molar-refractivity contribution is -0.136. The summed E-state index contributed by atoms with van der Waals surface area (Å²) in [6, 6.07) is 9.85. The number of benzene rings is 2. The Morgan fingerprint density at radius 1 is 1.06 bits per heavy atom. The van der Waals surface area contributed by atoms with E-state index in [1.54, 1.807) is 30.3 Å². The molecule has 2 aromatic carbocycles. The van der Waals surface area contributed by atoms with E-state index in [2.05, 4.69) is 15.6 Å². The maximum Gasteiger partial charge on any atom is 0.264 e. The molecule has 5 rings (SSSR count). The molecule has 0 spiro atoms. The van der Waals surface area contributed by atoms with E-state index < -0.39 is 35.5 Å². The SMILES string of the molecule is O=C1CCC(N2C(=O)c3cccc(NCc4ncc(-c5ccccc5F)o4)c3C2=O)C(=O)N1. The number of aromatic nitrogens is 1. The first-order valence-corrected chi connectivity index (χ1v) is 10.2. The molecule has 1 atom stereocenters. The molecule has 2 aliphatic rings. The lowest BCUT2D eigenvalue weighted by Crippen LogP contribution is -2.54. The molecule has 2 N–H and O–H groups in total. The normalized spacial score (nSPS) is 17.8. The van der Waals surface area contributed by atoms with Crippen LogP contribution in [0.5, 0.6) is 0 Å². The number of fused-ring (bicyclic) bond motifs is 1. The maximum atomic E-state index is 14.0. The van der Waals surface area contributed by atoms with Crippen molar-refractivity contribution in [1.82, 2.24) is 15.2 Å². The third-order valence-electron chi connectivity index (χ3n) is 5.59. The van der Waals surface area contributed by atoms with Crippen LogP contribution in [0.25, 0.3) is 11.3 Å². The summed E-state index contributed by atoms with van der Waals surface area (Å²) in [7, 11) is 0. The first kappa shape index (κ1) is 20.6. The Morgan fingerprint density at radius 2 is 1.85 bits per heavy atom. The van der Waals surface area contributed by atoms with Gasteiger partial charge in [0.15, 0.2) is 5.76 Å². The largest absolute Gasteiger partial charge is 0.439 e. The van der Waals surface area contributed by atoms with Gasteiger partial charge >= 0.3 is 0 Å². The molecule has 10 heteroatoms. The van der Waals surface area contributed by atoms with Gasteiger partial charge in [0.05, 0.1) is 29.4 Å². The number of anilines is 1. The number of carbonyl (C=O) groups is 4. The summed E-state index contributed by atoms with van der Waals surface area (Å²) in [5, 5.41) is 5.20. The molecular formula is C23H17FN4O5. The molecule has 1 unspecified atom stereocenters. The molecule has 0 radical (unpaired) electrons. The molecule has 0 saturated carbocycles. The van der Waals surface area contributed by atoms with Gasteiger partial charge in [-0.25, -0.2) is 9.37 Å². The number of halogens is 1. The lowest BCUT2D eigenvalue weighted by Gasteiger charge is -2.27. The second-order valence-corrected chi connectivity index (χ2v) is 7.63. The second-order valence-electron chi connectivity index (χ2n) is 7.63. The highest BCUT2D eigenvalue weighted by atomic mass is 19.1. The number of hydrogen-bond acceptors (Lipinski definition) is 7. The zero-order valence-electron chi connectivity index (χ0n) is 17.1. The van der Waals surface area contributed by atoms with Gasteiger partial charge in [0.2, 0.25) is 17.7 Å². The van der Waals surface area contributed by atoms with E-state index in [0.717, 1.165) is 4.90 Å². The van der Waals surface area contributed by atoms with E-state index in [1.807, 2.05) is 0 Å². The van der Waals surface area contributed by atoms with E-state index in [-0.39, 0.29) is 47.7 Å². The first-order chi connectivity index (χ1) is 15.9. The number of nitrogens with one attached hydrogen (secondary N) is 2. The number of rotatable bonds is 5. The molecule has 2 aliphatic heterocycles. The van der Waals surface area contributed by atoms with Gasteiger partial charge in [-0.15, -0.1) is 0 Å². The summed E-state index contributed by atoms with van der Waals surface area (Å²) in [4.78, 5) is 54.7. The van der Waals surface area contributed by atoms with E-state index in [0.29, 0.717) is 5.69 Å². The minimum atomic E-state index is -1.04. The maximum absolute atomic E-state index is 14.0. The van der Waals surface area contributed by atoms with Crippen molar-refractivity contribution in [2.45, 2.75) is 25.4 Å². The fourth-order valence-electron chi connectivity index (χ4n) is 4.01. The molecular weight excluding hydrogens is 431 g/mol. The third-order valence-corrected chi connectivity index (χ3v) is 5.59. The number of nitrogens with zero attached hydrogens (tertiary/aromatic N) is 2. The van der Waals surface area contributed by atoms with Crippen molar-refractivity contribution in [2.24, 2.45) is 0 Å². The number of oxazole rings is 1. The molecule has 3 heterocycles. The fourth-order valence-corrected chi connectivity index (χ4v) is 4.01. The van der Waals surface area contributed by atoms with Crippen molar-refractivity contribution < 1.29 is 28.0 Å². The minimum absolute atomic E-state index is 0.0451. The highest BCUT2D eigenvalue weighted by molar-refractivity contribution is 6.25. The van der Waals surface area contributed by atoms with Crippen LogP contribution in [-0.4, -0.2) is 39.6 Å². The van der Waals surface area contributed by atoms with Gasteiger partial charge in [-0.05, 0) is 30.7 Å². The van der Waals surface area contributed by atoms with Crippen molar-refractivity contribution in [1.29, 1.82) is 0 Å². The van der Waals surface area contributed by atoms with Crippen molar-refractivity contribution in [3.05, 3.63) is 71.5 Å². The van der Waals surface area contributed by atoms with E-state index in [9.17, 15) is 23.6 Å². The van der Waals surface area contributed by atoms with Gasteiger partial charge in [-0.2, -0.15) is 0 Å². The molecule has 33 heavy (non-hydrogen) atoms. The van der Waals surface area contributed by atoms with Gasteiger partial charge in [0, 0.05) is 12.1 Å². The number of piperidine rings is 1. The summed E-state index contributed by atoms with van der Waals surface area (Å²) in [6.45, 7) is 0.0742. The summed E-state index contributed by atoms with van der Waals surface area (Å²) in [6.07, 6.45) is 1.53. The molecule has 0 bridgehead atoms. The van der Waals surface area contributed by atoms with Crippen LogP contribution in [0.3, 0.4) is 0 Å². The van der Waals surface area contributed by atoms with Crippen molar-refractivity contribution in [2.75, 3.05) is 5.32 Å². The number of amides is 4. The van der Waals surface area contributed by atoms with E-state index in [4.69, 9.17) is 4.42 Å². The van der Waals surface area contributed by atoms with E-state index in [1.165, 1.54) is 18.3 Å². The summed E-state index contributed by atoms with van der Waals surface area (Å²) >= 11 is 0. The van der Waals surface area contributed by atoms with Gasteiger partial charge in [-0.1, -0.05) is 18.2 Å².